The Morgan fingerprint density at radius 1 is 1.40 bits per heavy atom. The van der Waals surface area contributed by atoms with Crippen LogP contribution in [0.25, 0.3) is 0 Å². The van der Waals surface area contributed by atoms with Crippen LogP contribution in [0.1, 0.15) is 24.4 Å². The minimum absolute atomic E-state index is 0.0729. The van der Waals surface area contributed by atoms with Gasteiger partial charge in [0.15, 0.2) is 0 Å². The number of nitrogens with one attached hydrogen (secondary N) is 1. The molecule has 20 heavy (non-hydrogen) atoms. The van der Waals surface area contributed by atoms with E-state index in [-0.39, 0.29) is 6.61 Å². The maximum absolute atomic E-state index is 12.3. The first-order valence-corrected chi connectivity index (χ1v) is 7.69. The minimum Gasteiger partial charge on any atom is -0.480 e. The van der Waals surface area contributed by atoms with Gasteiger partial charge in [0.1, 0.15) is 10.8 Å². The van der Waals surface area contributed by atoms with Gasteiger partial charge in [-0.15, -0.1) is 0 Å². The predicted octanol–water partition coefficient (Wildman–Crippen LogP) is 0.911. The Hall–Kier alpha value is -1.44. The molecule has 1 aliphatic carbocycles. The van der Waals surface area contributed by atoms with Crippen molar-refractivity contribution in [3.8, 4) is 0 Å². The first kappa shape index (κ1) is 15.0. The van der Waals surface area contributed by atoms with E-state index < -0.39 is 26.8 Å². The molecule has 0 heterocycles. The SMILES string of the molecule is COCC1(S(=O)(=O)N[C@@H](C(=O)O)c2ccccc2)CC1. The number of carbonyl (C=O) groups is 1. The normalized spacial score (nSPS) is 18.4. The standard InChI is InChI=1S/C13H17NO5S/c1-19-9-13(7-8-13)20(17,18)14-11(12(15)16)10-5-3-2-4-6-10/h2-6,11,14H,7-9H2,1H3,(H,15,16)/t11-/m1/s1. The molecule has 0 radical (unpaired) electrons. The molecule has 1 saturated carbocycles. The minimum atomic E-state index is -3.76. The zero-order chi connectivity index (χ0) is 14.8. The smallest absolute Gasteiger partial charge is 0.326 e. The number of benzene rings is 1. The van der Waals surface area contributed by atoms with Crippen molar-refractivity contribution >= 4 is 16.0 Å². The van der Waals surface area contributed by atoms with Gasteiger partial charge < -0.3 is 9.84 Å². The number of sulfonamides is 1. The van der Waals surface area contributed by atoms with Gasteiger partial charge in [-0.05, 0) is 18.4 Å². The van der Waals surface area contributed by atoms with Crippen molar-refractivity contribution in [2.75, 3.05) is 13.7 Å². The summed E-state index contributed by atoms with van der Waals surface area (Å²) in [5.74, 6) is -1.23. The molecule has 110 valence electrons. The van der Waals surface area contributed by atoms with E-state index in [0.29, 0.717) is 18.4 Å². The van der Waals surface area contributed by atoms with Gasteiger partial charge in [0, 0.05) is 7.11 Å². The van der Waals surface area contributed by atoms with Gasteiger partial charge in [-0.1, -0.05) is 30.3 Å². The first-order chi connectivity index (χ1) is 9.42. The highest BCUT2D eigenvalue weighted by molar-refractivity contribution is 7.91. The quantitative estimate of drug-likeness (QED) is 0.780. The Labute approximate surface area is 117 Å². The molecule has 0 amide bonds. The van der Waals surface area contributed by atoms with E-state index in [1.807, 2.05) is 0 Å². The maximum atomic E-state index is 12.3. The predicted molar refractivity (Wildman–Crippen MR) is 72.7 cm³/mol. The van der Waals surface area contributed by atoms with Crippen LogP contribution in [0.3, 0.4) is 0 Å². The number of rotatable bonds is 7. The highest BCUT2D eigenvalue weighted by Gasteiger charge is 2.55. The molecule has 7 heteroatoms. The van der Waals surface area contributed by atoms with Crippen LogP contribution in [-0.4, -0.2) is 38.0 Å². The first-order valence-electron chi connectivity index (χ1n) is 6.20. The second-order valence-corrected chi connectivity index (χ2v) is 7.03. The molecule has 6 nitrogen and oxygen atoms in total. The van der Waals surface area contributed by atoms with Gasteiger partial charge in [-0.3, -0.25) is 4.79 Å². The fraction of sp³-hybridized carbons (Fsp3) is 0.462. The third kappa shape index (κ3) is 2.84. The van der Waals surface area contributed by atoms with Gasteiger partial charge in [0.05, 0.1) is 6.61 Å². The number of hydrogen-bond acceptors (Lipinski definition) is 4. The van der Waals surface area contributed by atoms with Crippen molar-refractivity contribution in [2.45, 2.75) is 23.6 Å². The third-order valence-electron chi connectivity index (χ3n) is 3.44. The van der Waals surface area contributed by atoms with Crippen LogP contribution in [0.4, 0.5) is 0 Å². The van der Waals surface area contributed by atoms with E-state index >= 15 is 0 Å². The topological polar surface area (TPSA) is 92.7 Å². The van der Waals surface area contributed by atoms with Gasteiger partial charge in [0.25, 0.3) is 0 Å². The Morgan fingerprint density at radius 3 is 2.45 bits per heavy atom. The number of hydrogen-bond donors (Lipinski definition) is 2. The largest absolute Gasteiger partial charge is 0.480 e. The lowest BCUT2D eigenvalue weighted by Gasteiger charge is -2.20. The van der Waals surface area contributed by atoms with Crippen LogP contribution >= 0.6 is 0 Å². The second kappa shape index (κ2) is 5.51. The van der Waals surface area contributed by atoms with Crippen LogP contribution in [-0.2, 0) is 19.6 Å². The van der Waals surface area contributed by atoms with Crippen molar-refractivity contribution in [3.63, 3.8) is 0 Å². The fourth-order valence-corrected chi connectivity index (χ4v) is 3.79. The lowest BCUT2D eigenvalue weighted by molar-refractivity contribution is -0.139. The molecule has 0 aliphatic heterocycles. The summed E-state index contributed by atoms with van der Waals surface area (Å²) in [5, 5.41) is 9.25. The lowest BCUT2D eigenvalue weighted by atomic mass is 10.1. The molecule has 0 aromatic heterocycles. The maximum Gasteiger partial charge on any atom is 0.326 e. The van der Waals surface area contributed by atoms with Crippen LogP contribution in [0.5, 0.6) is 0 Å². The number of carboxylic acids is 1. The van der Waals surface area contributed by atoms with E-state index in [0.717, 1.165) is 0 Å². The van der Waals surface area contributed by atoms with E-state index in [1.165, 1.54) is 7.11 Å². The van der Waals surface area contributed by atoms with Crippen LogP contribution in [0.2, 0.25) is 0 Å². The highest BCUT2D eigenvalue weighted by Crippen LogP contribution is 2.43. The average Bonchev–Trinajstić information content (AvgIpc) is 3.19. The molecular formula is C13H17NO5S. The van der Waals surface area contributed by atoms with Crippen LogP contribution in [0, 0.1) is 0 Å². The summed E-state index contributed by atoms with van der Waals surface area (Å²) in [6.07, 6.45) is 0.967. The van der Waals surface area contributed by atoms with Crippen LogP contribution in [0.15, 0.2) is 30.3 Å². The fourth-order valence-electron chi connectivity index (χ4n) is 2.08. The third-order valence-corrected chi connectivity index (χ3v) is 5.65. The van der Waals surface area contributed by atoms with Crippen LogP contribution < -0.4 is 4.72 Å². The molecule has 1 atom stereocenters. The lowest BCUT2D eigenvalue weighted by Crippen LogP contribution is -2.43. The number of aliphatic carboxylic acids is 1. The van der Waals surface area contributed by atoms with E-state index in [9.17, 15) is 18.3 Å². The molecule has 2 N–H and O–H groups in total. The Kier molecular flexibility index (Phi) is 4.12. The summed E-state index contributed by atoms with van der Waals surface area (Å²) in [6.45, 7) is 0.0729. The Bertz CT molecular complexity index is 580. The van der Waals surface area contributed by atoms with Crippen molar-refractivity contribution in [2.24, 2.45) is 0 Å². The van der Waals surface area contributed by atoms with Crippen molar-refractivity contribution in [1.82, 2.24) is 4.72 Å². The summed E-state index contributed by atoms with van der Waals surface area (Å²) >= 11 is 0. The molecule has 1 aromatic carbocycles. The molecular weight excluding hydrogens is 282 g/mol. The van der Waals surface area contributed by atoms with E-state index in [1.54, 1.807) is 30.3 Å². The van der Waals surface area contributed by atoms with E-state index in [4.69, 9.17) is 4.74 Å². The van der Waals surface area contributed by atoms with E-state index in [2.05, 4.69) is 4.72 Å². The Morgan fingerprint density at radius 2 is 2.00 bits per heavy atom. The highest BCUT2D eigenvalue weighted by atomic mass is 32.2. The summed E-state index contributed by atoms with van der Waals surface area (Å²) in [5.41, 5.74) is 0.400. The molecule has 1 aromatic rings. The summed E-state index contributed by atoms with van der Waals surface area (Å²) in [6, 6.07) is 6.96. The van der Waals surface area contributed by atoms with Gasteiger partial charge >= 0.3 is 5.97 Å². The number of ether oxygens (including phenoxy) is 1. The molecule has 0 spiro atoms. The summed E-state index contributed by atoms with van der Waals surface area (Å²) in [4.78, 5) is 11.3. The number of carboxylic acid groups (broad SMARTS) is 1. The second-order valence-electron chi connectivity index (χ2n) is 4.92. The van der Waals surface area contributed by atoms with Gasteiger partial charge in [-0.25, -0.2) is 8.42 Å². The average molecular weight is 299 g/mol. The van der Waals surface area contributed by atoms with Crippen molar-refractivity contribution < 1.29 is 23.1 Å². The van der Waals surface area contributed by atoms with Crippen molar-refractivity contribution in [3.05, 3.63) is 35.9 Å². The molecule has 0 saturated heterocycles. The van der Waals surface area contributed by atoms with Gasteiger partial charge in [0.2, 0.25) is 10.0 Å². The monoisotopic (exact) mass is 299 g/mol. The summed E-state index contributed by atoms with van der Waals surface area (Å²) in [7, 11) is -2.33. The Balaban J connectivity index is 2.24. The zero-order valence-electron chi connectivity index (χ0n) is 11.1. The summed E-state index contributed by atoms with van der Waals surface area (Å²) < 4.78 is 30.9. The number of methoxy groups -OCH3 is 1. The van der Waals surface area contributed by atoms with Crippen molar-refractivity contribution in [1.29, 1.82) is 0 Å². The molecule has 0 bridgehead atoms. The molecule has 1 fully saturated rings. The molecule has 2 rings (SSSR count). The zero-order valence-corrected chi connectivity index (χ0v) is 11.9. The molecule has 0 unspecified atom stereocenters. The molecule has 1 aliphatic rings. The van der Waals surface area contributed by atoms with Gasteiger partial charge in [-0.2, -0.15) is 4.72 Å².